The molecule has 0 aliphatic rings. The highest BCUT2D eigenvalue weighted by atomic mass is 35.5. The van der Waals surface area contributed by atoms with Gasteiger partial charge in [0.2, 0.25) is 0 Å². The number of aromatic nitrogens is 1. The smallest absolute Gasteiger partial charge is 0.126 e. The fourth-order valence-electron chi connectivity index (χ4n) is 1.20. The molecule has 0 fully saturated rings. The van der Waals surface area contributed by atoms with Crippen LogP contribution >= 0.6 is 11.6 Å². The van der Waals surface area contributed by atoms with Crippen molar-refractivity contribution in [2.24, 2.45) is 0 Å². The maximum absolute atomic E-state index is 6.00. The Labute approximate surface area is 101 Å². The SMILES string of the molecule is CNc1ccc(Cl)c(COCCCOC)n1. The van der Waals surface area contributed by atoms with Crippen LogP contribution in [0.25, 0.3) is 0 Å². The summed E-state index contributed by atoms with van der Waals surface area (Å²) < 4.78 is 10.4. The number of rotatable bonds is 7. The van der Waals surface area contributed by atoms with Gasteiger partial charge >= 0.3 is 0 Å². The van der Waals surface area contributed by atoms with Gasteiger partial charge in [-0.05, 0) is 18.6 Å². The summed E-state index contributed by atoms with van der Waals surface area (Å²) >= 11 is 6.00. The third kappa shape index (κ3) is 4.35. The van der Waals surface area contributed by atoms with Gasteiger partial charge in [0.05, 0.1) is 17.3 Å². The number of hydrogen-bond acceptors (Lipinski definition) is 4. The summed E-state index contributed by atoms with van der Waals surface area (Å²) in [6.07, 6.45) is 0.875. The zero-order chi connectivity index (χ0) is 11.8. The molecule has 0 atom stereocenters. The van der Waals surface area contributed by atoms with Crippen LogP contribution in [0, 0.1) is 0 Å². The third-order valence-corrected chi connectivity index (χ3v) is 2.39. The standard InChI is InChI=1S/C11H17ClN2O2/c1-13-11-5-4-9(12)10(14-11)8-16-7-3-6-15-2/h4-5H,3,6-8H2,1-2H3,(H,13,14). The zero-order valence-electron chi connectivity index (χ0n) is 9.62. The molecule has 1 aromatic heterocycles. The Morgan fingerprint density at radius 2 is 2.19 bits per heavy atom. The molecule has 0 bridgehead atoms. The van der Waals surface area contributed by atoms with Crippen LogP contribution in [-0.4, -0.2) is 32.4 Å². The number of pyridine rings is 1. The monoisotopic (exact) mass is 244 g/mol. The normalized spacial score (nSPS) is 10.4. The van der Waals surface area contributed by atoms with Crippen molar-refractivity contribution in [3.63, 3.8) is 0 Å². The van der Waals surface area contributed by atoms with Crippen LogP contribution in [0.4, 0.5) is 5.82 Å². The maximum Gasteiger partial charge on any atom is 0.126 e. The van der Waals surface area contributed by atoms with Crippen molar-refractivity contribution in [3.8, 4) is 0 Å². The number of ether oxygens (including phenoxy) is 2. The Balaban J connectivity index is 2.40. The van der Waals surface area contributed by atoms with Crippen molar-refractivity contribution in [1.82, 2.24) is 4.98 Å². The first-order valence-corrected chi connectivity index (χ1v) is 5.55. The fourth-order valence-corrected chi connectivity index (χ4v) is 1.36. The van der Waals surface area contributed by atoms with Crippen molar-refractivity contribution in [3.05, 3.63) is 22.8 Å². The number of methoxy groups -OCH3 is 1. The minimum absolute atomic E-state index is 0.429. The van der Waals surface area contributed by atoms with Gasteiger partial charge in [0.15, 0.2) is 0 Å². The van der Waals surface area contributed by atoms with Crippen LogP contribution in [0.5, 0.6) is 0 Å². The van der Waals surface area contributed by atoms with Crippen LogP contribution in [-0.2, 0) is 16.1 Å². The molecule has 0 aliphatic carbocycles. The molecule has 0 radical (unpaired) electrons. The number of anilines is 1. The first kappa shape index (κ1) is 13.2. The molecule has 5 heteroatoms. The van der Waals surface area contributed by atoms with Crippen molar-refractivity contribution in [1.29, 1.82) is 0 Å². The molecule has 0 saturated heterocycles. The summed E-state index contributed by atoms with van der Waals surface area (Å²) in [4.78, 5) is 4.31. The Hall–Kier alpha value is -0.840. The Bertz CT molecular complexity index is 321. The van der Waals surface area contributed by atoms with E-state index in [0.717, 1.165) is 17.9 Å². The fraction of sp³-hybridized carbons (Fsp3) is 0.545. The number of hydrogen-bond donors (Lipinski definition) is 1. The van der Waals surface area contributed by atoms with Gasteiger partial charge in [0, 0.05) is 27.4 Å². The third-order valence-electron chi connectivity index (χ3n) is 2.05. The summed E-state index contributed by atoms with van der Waals surface area (Å²) in [5.74, 6) is 0.792. The molecule has 1 heterocycles. The van der Waals surface area contributed by atoms with E-state index in [1.807, 2.05) is 19.2 Å². The minimum Gasteiger partial charge on any atom is -0.385 e. The highest BCUT2D eigenvalue weighted by molar-refractivity contribution is 6.31. The van der Waals surface area contributed by atoms with Crippen molar-refractivity contribution in [2.45, 2.75) is 13.0 Å². The molecule has 16 heavy (non-hydrogen) atoms. The van der Waals surface area contributed by atoms with E-state index in [1.54, 1.807) is 7.11 Å². The van der Waals surface area contributed by atoms with E-state index in [0.29, 0.717) is 24.8 Å². The van der Waals surface area contributed by atoms with Crippen LogP contribution in [0.1, 0.15) is 12.1 Å². The predicted molar refractivity (Wildman–Crippen MR) is 64.9 cm³/mol. The average Bonchev–Trinajstić information content (AvgIpc) is 2.31. The van der Waals surface area contributed by atoms with E-state index in [-0.39, 0.29) is 0 Å². The largest absolute Gasteiger partial charge is 0.385 e. The number of halogens is 1. The molecular weight excluding hydrogens is 228 g/mol. The van der Waals surface area contributed by atoms with Crippen LogP contribution in [0.15, 0.2) is 12.1 Å². The van der Waals surface area contributed by atoms with E-state index in [1.165, 1.54) is 0 Å². The molecule has 0 unspecified atom stereocenters. The molecular formula is C11H17ClN2O2. The molecule has 0 saturated carbocycles. The lowest BCUT2D eigenvalue weighted by molar-refractivity contribution is 0.0911. The van der Waals surface area contributed by atoms with Gasteiger partial charge in [-0.3, -0.25) is 0 Å². The van der Waals surface area contributed by atoms with Gasteiger partial charge in [-0.25, -0.2) is 4.98 Å². The highest BCUT2D eigenvalue weighted by Gasteiger charge is 2.03. The lowest BCUT2D eigenvalue weighted by Crippen LogP contribution is -2.03. The molecule has 0 aliphatic heterocycles. The maximum atomic E-state index is 6.00. The lowest BCUT2D eigenvalue weighted by Gasteiger charge is -2.07. The Morgan fingerprint density at radius 3 is 2.88 bits per heavy atom. The van der Waals surface area contributed by atoms with E-state index in [4.69, 9.17) is 21.1 Å². The molecule has 1 rings (SSSR count). The number of nitrogens with one attached hydrogen (secondary N) is 1. The van der Waals surface area contributed by atoms with Crippen molar-refractivity contribution in [2.75, 3.05) is 32.7 Å². The van der Waals surface area contributed by atoms with Crippen LogP contribution in [0.2, 0.25) is 5.02 Å². The molecule has 0 spiro atoms. The average molecular weight is 245 g/mol. The number of nitrogens with zero attached hydrogens (tertiary/aromatic N) is 1. The van der Waals surface area contributed by atoms with Gasteiger partial charge in [-0.1, -0.05) is 11.6 Å². The summed E-state index contributed by atoms with van der Waals surface area (Å²) in [6.45, 7) is 1.78. The predicted octanol–water partition coefficient (Wildman–Crippen LogP) is 2.33. The second kappa shape index (κ2) is 7.44. The van der Waals surface area contributed by atoms with Gasteiger partial charge in [-0.15, -0.1) is 0 Å². The second-order valence-corrected chi connectivity index (χ2v) is 3.68. The minimum atomic E-state index is 0.429. The van der Waals surface area contributed by atoms with Gasteiger partial charge in [0.25, 0.3) is 0 Å². The molecule has 1 N–H and O–H groups in total. The van der Waals surface area contributed by atoms with Crippen molar-refractivity contribution < 1.29 is 9.47 Å². The Kier molecular flexibility index (Phi) is 6.15. The Morgan fingerprint density at radius 1 is 1.38 bits per heavy atom. The van der Waals surface area contributed by atoms with Crippen molar-refractivity contribution >= 4 is 17.4 Å². The van der Waals surface area contributed by atoms with Gasteiger partial charge in [-0.2, -0.15) is 0 Å². The van der Waals surface area contributed by atoms with Gasteiger partial charge in [0.1, 0.15) is 5.82 Å². The lowest BCUT2D eigenvalue weighted by atomic mass is 10.3. The first-order valence-electron chi connectivity index (χ1n) is 5.17. The van der Waals surface area contributed by atoms with E-state index < -0.39 is 0 Å². The van der Waals surface area contributed by atoms with E-state index in [2.05, 4.69) is 10.3 Å². The molecule has 0 amide bonds. The second-order valence-electron chi connectivity index (χ2n) is 3.27. The van der Waals surface area contributed by atoms with Crippen LogP contribution < -0.4 is 5.32 Å². The van der Waals surface area contributed by atoms with E-state index in [9.17, 15) is 0 Å². The topological polar surface area (TPSA) is 43.4 Å². The molecule has 1 aromatic rings. The first-order chi connectivity index (χ1) is 7.77. The molecule has 90 valence electrons. The summed E-state index contributed by atoms with van der Waals surface area (Å²) in [5.41, 5.74) is 0.755. The quantitative estimate of drug-likeness (QED) is 0.748. The summed E-state index contributed by atoms with van der Waals surface area (Å²) in [7, 11) is 3.49. The summed E-state index contributed by atoms with van der Waals surface area (Å²) in [6, 6.07) is 3.64. The highest BCUT2D eigenvalue weighted by Crippen LogP contribution is 2.17. The molecule has 0 aromatic carbocycles. The molecule has 4 nitrogen and oxygen atoms in total. The zero-order valence-corrected chi connectivity index (χ0v) is 10.4. The summed E-state index contributed by atoms with van der Waals surface area (Å²) in [5, 5.41) is 3.59. The van der Waals surface area contributed by atoms with Gasteiger partial charge < -0.3 is 14.8 Å². The van der Waals surface area contributed by atoms with E-state index >= 15 is 0 Å². The van der Waals surface area contributed by atoms with Crippen LogP contribution in [0.3, 0.4) is 0 Å².